The van der Waals surface area contributed by atoms with Crippen LogP contribution in [0.15, 0.2) is 41.9 Å². The van der Waals surface area contributed by atoms with Crippen LogP contribution in [0.1, 0.15) is 6.92 Å². The second-order valence-corrected chi connectivity index (χ2v) is 4.84. The topological polar surface area (TPSA) is 46.4 Å². The van der Waals surface area contributed by atoms with Crippen molar-refractivity contribution in [2.45, 2.75) is 6.92 Å². The van der Waals surface area contributed by atoms with Crippen molar-refractivity contribution < 1.29 is 4.79 Å². The molecule has 0 atom stereocenters. The highest BCUT2D eigenvalue weighted by Gasteiger charge is 2.15. The Hall–Kier alpha value is -2.14. The molecule has 0 aliphatic carbocycles. The fourth-order valence-electron chi connectivity index (χ4n) is 1.87. The lowest BCUT2D eigenvalue weighted by molar-refractivity contribution is -0.114. The molecule has 0 aliphatic heterocycles. The highest BCUT2D eigenvalue weighted by Crippen LogP contribution is 2.31. The Morgan fingerprint density at radius 2 is 2.22 bits per heavy atom. The molecule has 0 saturated carbocycles. The molecule has 0 spiro atoms. The number of carbonyl (C=O) groups excluding carboxylic acids is 1. The van der Waals surface area contributed by atoms with Crippen molar-refractivity contribution in [2.24, 2.45) is 0 Å². The van der Waals surface area contributed by atoms with Gasteiger partial charge >= 0.3 is 0 Å². The molecule has 3 aromatic heterocycles. The van der Waals surface area contributed by atoms with Gasteiger partial charge in [-0.25, -0.2) is 4.98 Å². The Bertz CT molecular complexity index is 700. The van der Waals surface area contributed by atoms with Crippen LogP contribution in [0, 0.1) is 0 Å². The summed E-state index contributed by atoms with van der Waals surface area (Å²) >= 11 is 1.61. The number of nitrogens with zero attached hydrogens (tertiary/aromatic N) is 2. The van der Waals surface area contributed by atoms with Gasteiger partial charge in [-0.15, -0.1) is 11.3 Å². The Kier molecular flexibility index (Phi) is 2.60. The minimum Gasteiger partial charge on any atom is -0.310 e. The number of hydrogen-bond acceptors (Lipinski definition) is 3. The molecule has 90 valence electrons. The molecule has 0 saturated heterocycles. The van der Waals surface area contributed by atoms with Crippen LogP contribution in [0.2, 0.25) is 0 Å². The summed E-state index contributed by atoms with van der Waals surface area (Å²) < 4.78 is 1.89. The summed E-state index contributed by atoms with van der Waals surface area (Å²) in [5.74, 6) is 0.624. The third-order valence-electron chi connectivity index (χ3n) is 2.58. The van der Waals surface area contributed by atoms with Gasteiger partial charge in [0, 0.05) is 13.1 Å². The normalized spacial score (nSPS) is 10.7. The number of pyridine rings is 1. The second-order valence-electron chi connectivity index (χ2n) is 3.90. The molecule has 1 amide bonds. The fraction of sp³-hybridized carbons (Fsp3) is 0.0769. The first kappa shape index (κ1) is 11.0. The predicted octanol–water partition coefficient (Wildman–Crippen LogP) is 3.02. The van der Waals surface area contributed by atoms with Crippen molar-refractivity contribution in [2.75, 3.05) is 5.32 Å². The molecule has 1 N–H and O–H groups in total. The van der Waals surface area contributed by atoms with Gasteiger partial charge in [0.15, 0.2) is 0 Å². The van der Waals surface area contributed by atoms with Gasteiger partial charge < -0.3 is 5.32 Å². The van der Waals surface area contributed by atoms with Crippen LogP contribution < -0.4 is 5.32 Å². The molecule has 0 aromatic carbocycles. The number of hydrogen-bond donors (Lipinski definition) is 1. The first-order chi connectivity index (χ1) is 8.75. The van der Waals surface area contributed by atoms with E-state index in [1.807, 2.05) is 46.3 Å². The number of rotatable bonds is 2. The predicted molar refractivity (Wildman–Crippen MR) is 72.8 cm³/mol. The Balaban J connectivity index is 2.26. The van der Waals surface area contributed by atoms with E-state index in [1.54, 1.807) is 11.3 Å². The van der Waals surface area contributed by atoms with E-state index < -0.39 is 0 Å². The molecule has 0 bridgehead atoms. The minimum absolute atomic E-state index is 0.0986. The van der Waals surface area contributed by atoms with E-state index in [9.17, 15) is 4.79 Å². The summed E-state index contributed by atoms with van der Waals surface area (Å²) in [7, 11) is 0. The fourth-order valence-corrected chi connectivity index (χ4v) is 2.58. The zero-order valence-corrected chi connectivity index (χ0v) is 10.6. The quantitative estimate of drug-likeness (QED) is 0.767. The van der Waals surface area contributed by atoms with Gasteiger partial charge in [-0.3, -0.25) is 9.20 Å². The van der Waals surface area contributed by atoms with Crippen LogP contribution in [0.5, 0.6) is 0 Å². The smallest absolute Gasteiger partial charge is 0.222 e. The van der Waals surface area contributed by atoms with E-state index in [1.165, 1.54) is 6.92 Å². The van der Waals surface area contributed by atoms with Gasteiger partial charge in [0.2, 0.25) is 5.91 Å². The average molecular weight is 257 g/mol. The van der Waals surface area contributed by atoms with Crippen molar-refractivity contribution in [3.63, 3.8) is 0 Å². The summed E-state index contributed by atoms with van der Waals surface area (Å²) in [6, 6.07) is 9.73. The summed E-state index contributed by atoms with van der Waals surface area (Å²) in [5, 5.41) is 4.85. The first-order valence-electron chi connectivity index (χ1n) is 5.54. The third kappa shape index (κ3) is 1.78. The summed E-state index contributed by atoms with van der Waals surface area (Å²) in [6.45, 7) is 1.50. The molecular formula is C13H11N3OS. The van der Waals surface area contributed by atoms with Gasteiger partial charge in [0.25, 0.3) is 0 Å². The zero-order valence-electron chi connectivity index (χ0n) is 9.75. The number of nitrogens with one attached hydrogen (secondary N) is 1. The van der Waals surface area contributed by atoms with E-state index >= 15 is 0 Å². The van der Waals surface area contributed by atoms with Gasteiger partial charge in [0.05, 0.1) is 4.88 Å². The van der Waals surface area contributed by atoms with Crippen molar-refractivity contribution >= 4 is 28.7 Å². The van der Waals surface area contributed by atoms with E-state index in [-0.39, 0.29) is 5.91 Å². The molecule has 0 unspecified atom stereocenters. The molecule has 3 rings (SSSR count). The monoisotopic (exact) mass is 257 g/mol. The minimum atomic E-state index is -0.0986. The highest BCUT2D eigenvalue weighted by molar-refractivity contribution is 7.13. The molecule has 3 aromatic rings. The standard InChI is InChI=1S/C13H11N3OS/c1-9(17)14-13-12(10-5-4-8-18-10)15-11-6-2-3-7-16(11)13/h2-8H,1H3,(H,14,17). The average Bonchev–Trinajstić information content (AvgIpc) is 2.96. The maximum absolute atomic E-state index is 11.3. The van der Waals surface area contributed by atoms with Crippen LogP contribution in [0.3, 0.4) is 0 Å². The largest absolute Gasteiger partial charge is 0.310 e. The SMILES string of the molecule is CC(=O)Nc1c(-c2cccs2)nc2ccccn12. The van der Waals surface area contributed by atoms with Gasteiger partial charge in [-0.05, 0) is 23.6 Å². The van der Waals surface area contributed by atoms with Gasteiger partial charge in [-0.1, -0.05) is 12.1 Å². The molecule has 0 aliphatic rings. The molecule has 4 nitrogen and oxygen atoms in total. The van der Waals surface area contributed by atoms with Crippen LogP contribution in [0.25, 0.3) is 16.2 Å². The van der Waals surface area contributed by atoms with E-state index in [4.69, 9.17) is 0 Å². The maximum Gasteiger partial charge on any atom is 0.222 e. The number of aromatic nitrogens is 2. The molecule has 3 heterocycles. The molecule has 0 radical (unpaired) electrons. The number of thiophene rings is 1. The van der Waals surface area contributed by atoms with Crippen LogP contribution in [-0.4, -0.2) is 15.3 Å². The lowest BCUT2D eigenvalue weighted by Gasteiger charge is -2.03. The third-order valence-corrected chi connectivity index (χ3v) is 3.46. The van der Waals surface area contributed by atoms with Crippen molar-refractivity contribution in [1.29, 1.82) is 0 Å². The second kappa shape index (κ2) is 4.27. The lowest BCUT2D eigenvalue weighted by Crippen LogP contribution is -2.08. The van der Waals surface area contributed by atoms with Crippen LogP contribution in [-0.2, 0) is 4.79 Å². The molecule has 18 heavy (non-hydrogen) atoms. The van der Waals surface area contributed by atoms with E-state index in [0.717, 1.165) is 22.0 Å². The summed E-state index contributed by atoms with van der Waals surface area (Å²) in [6.07, 6.45) is 1.89. The highest BCUT2D eigenvalue weighted by atomic mass is 32.1. The summed E-state index contributed by atoms with van der Waals surface area (Å²) in [5.41, 5.74) is 1.64. The van der Waals surface area contributed by atoms with E-state index in [0.29, 0.717) is 0 Å². The van der Waals surface area contributed by atoms with Gasteiger partial charge in [-0.2, -0.15) is 0 Å². The summed E-state index contributed by atoms with van der Waals surface area (Å²) in [4.78, 5) is 16.9. The van der Waals surface area contributed by atoms with Crippen molar-refractivity contribution in [1.82, 2.24) is 9.38 Å². The van der Waals surface area contributed by atoms with E-state index in [2.05, 4.69) is 10.3 Å². The molecule has 0 fully saturated rings. The van der Waals surface area contributed by atoms with Crippen LogP contribution in [0.4, 0.5) is 5.82 Å². The maximum atomic E-state index is 11.3. The molecule has 5 heteroatoms. The number of amides is 1. The number of imidazole rings is 1. The van der Waals surface area contributed by atoms with Crippen LogP contribution >= 0.6 is 11.3 Å². The first-order valence-corrected chi connectivity index (χ1v) is 6.42. The Morgan fingerprint density at radius 1 is 1.33 bits per heavy atom. The Labute approximate surface area is 108 Å². The lowest BCUT2D eigenvalue weighted by atomic mass is 10.3. The molecular weight excluding hydrogens is 246 g/mol. The number of anilines is 1. The number of carbonyl (C=O) groups is 1. The zero-order chi connectivity index (χ0) is 12.5. The van der Waals surface area contributed by atoms with Crippen molar-refractivity contribution in [3.05, 3.63) is 41.9 Å². The van der Waals surface area contributed by atoms with Gasteiger partial charge in [0.1, 0.15) is 17.2 Å². The van der Waals surface area contributed by atoms with Crippen molar-refractivity contribution in [3.8, 4) is 10.6 Å². The number of fused-ring (bicyclic) bond motifs is 1. The Morgan fingerprint density at radius 3 is 2.94 bits per heavy atom.